The third-order valence-corrected chi connectivity index (χ3v) is 4.01. The molecule has 0 spiro atoms. The number of hydrogen-bond donors (Lipinski definition) is 1. The summed E-state index contributed by atoms with van der Waals surface area (Å²) in [6.45, 7) is 1.95. The second-order valence-corrected chi connectivity index (χ2v) is 5.22. The van der Waals surface area contributed by atoms with E-state index in [0.717, 1.165) is 5.56 Å². The Bertz CT molecular complexity index is 473. The smallest absolute Gasteiger partial charge is 0.256 e. The second-order valence-electron chi connectivity index (χ2n) is 3.72. The maximum atomic E-state index is 6.18. The highest BCUT2D eigenvalue weighted by Gasteiger charge is 2.21. The van der Waals surface area contributed by atoms with Crippen molar-refractivity contribution in [3.63, 3.8) is 0 Å². The quantitative estimate of drug-likeness (QED) is 0.862. The van der Waals surface area contributed by atoms with Crippen molar-refractivity contribution in [2.45, 2.75) is 23.4 Å². The minimum atomic E-state index is -0.0493. The number of halogens is 1. The molecule has 2 rings (SSSR count). The van der Waals surface area contributed by atoms with Crippen LogP contribution in [0.1, 0.15) is 17.7 Å². The predicted molar refractivity (Wildman–Crippen MR) is 70.2 cm³/mol. The van der Waals surface area contributed by atoms with Crippen molar-refractivity contribution in [3.8, 4) is 0 Å². The number of thioether (sulfide) groups is 1. The lowest BCUT2D eigenvalue weighted by atomic mass is 10.1. The molecule has 1 aromatic heterocycles. The Morgan fingerprint density at radius 2 is 2.18 bits per heavy atom. The van der Waals surface area contributed by atoms with E-state index >= 15 is 0 Å². The molecular weight excluding hydrogens is 256 g/mol. The van der Waals surface area contributed by atoms with Crippen LogP contribution >= 0.6 is 23.4 Å². The third-order valence-electron chi connectivity index (χ3n) is 2.33. The van der Waals surface area contributed by atoms with E-state index in [2.05, 4.69) is 4.98 Å². The molecule has 90 valence electrons. The van der Waals surface area contributed by atoms with Crippen LogP contribution in [-0.4, -0.2) is 11.0 Å². The second kappa shape index (κ2) is 5.58. The van der Waals surface area contributed by atoms with Gasteiger partial charge in [0, 0.05) is 11.1 Å². The zero-order valence-corrected chi connectivity index (χ0v) is 10.9. The Labute approximate surface area is 109 Å². The van der Waals surface area contributed by atoms with Crippen LogP contribution in [0.5, 0.6) is 0 Å². The SMILES string of the molecule is CC(N)C(Sc1ncco1)c1ccccc1Cl. The van der Waals surface area contributed by atoms with Crippen LogP contribution in [0.15, 0.2) is 46.4 Å². The Kier molecular flexibility index (Phi) is 4.10. The normalized spacial score (nSPS) is 14.5. The maximum absolute atomic E-state index is 6.18. The summed E-state index contributed by atoms with van der Waals surface area (Å²) in [5.41, 5.74) is 7.01. The van der Waals surface area contributed by atoms with Gasteiger partial charge in [0.15, 0.2) is 0 Å². The lowest BCUT2D eigenvalue weighted by molar-refractivity contribution is 0.452. The minimum Gasteiger partial charge on any atom is -0.440 e. The van der Waals surface area contributed by atoms with E-state index in [0.29, 0.717) is 10.2 Å². The first-order valence-corrected chi connectivity index (χ1v) is 6.50. The van der Waals surface area contributed by atoms with Gasteiger partial charge in [-0.25, -0.2) is 4.98 Å². The van der Waals surface area contributed by atoms with Crippen molar-refractivity contribution in [2.75, 3.05) is 0 Å². The van der Waals surface area contributed by atoms with Gasteiger partial charge < -0.3 is 10.2 Å². The highest BCUT2D eigenvalue weighted by molar-refractivity contribution is 7.99. The van der Waals surface area contributed by atoms with Crippen molar-refractivity contribution in [2.24, 2.45) is 5.73 Å². The molecule has 0 saturated heterocycles. The summed E-state index contributed by atoms with van der Waals surface area (Å²) in [5.74, 6) is 0. The lowest BCUT2D eigenvalue weighted by Crippen LogP contribution is -2.22. The number of benzene rings is 1. The molecule has 0 aliphatic rings. The molecule has 2 N–H and O–H groups in total. The molecule has 0 aliphatic heterocycles. The zero-order valence-electron chi connectivity index (χ0n) is 9.34. The summed E-state index contributed by atoms with van der Waals surface area (Å²) in [6.07, 6.45) is 3.17. The van der Waals surface area contributed by atoms with Crippen LogP contribution in [0, 0.1) is 0 Å². The van der Waals surface area contributed by atoms with Gasteiger partial charge in [0.25, 0.3) is 5.22 Å². The van der Waals surface area contributed by atoms with Crippen LogP contribution in [-0.2, 0) is 0 Å². The fraction of sp³-hybridized carbons (Fsp3) is 0.250. The molecular formula is C12H13ClN2OS. The molecule has 0 bridgehead atoms. The highest BCUT2D eigenvalue weighted by Crippen LogP contribution is 2.39. The average molecular weight is 269 g/mol. The molecule has 0 amide bonds. The lowest BCUT2D eigenvalue weighted by Gasteiger charge is -2.20. The van der Waals surface area contributed by atoms with Crippen LogP contribution in [0.2, 0.25) is 5.02 Å². The molecule has 0 radical (unpaired) electrons. The predicted octanol–water partition coefficient (Wildman–Crippen LogP) is 3.51. The van der Waals surface area contributed by atoms with Crippen molar-refractivity contribution >= 4 is 23.4 Å². The summed E-state index contributed by atoms with van der Waals surface area (Å²) in [6, 6.07) is 7.65. The molecule has 0 saturated carbocycles. The summed E-state index contributed by atoms with van der Waals surface area (Å²) >= 11 is 7.67. The van der Waals surface area contributed by atoms with Crippen LogP contribution in [0.3, 0.4) is 0 Å². The molecule has 1 heterocycles. The molecule has 2 aromatic rings. The third kappa shape index (κ3) is 3.03. The van der Waals surface area contributed by atoms with Gasteiger partial charge in [-0.2, -0.15) is 0 Å². The molecule has 3 nitrogen and oxygen atoms in total. The summed E-state index contributed by atoms with van der Waals surface area (Å²) in [4.78, 5) is 4.09. The molecule has 1 aromatic carbocycles. The van der Waals surface area contributed by atoms with Crippen LogP contribution in [0.25, 0.3) is 0 Å². The summed E-state index contributed by atoms with van der Waals surface area (Å²) < 4.78 is 5.23. The van der Waals surface area contributed by atoms with Crippen molar-refractivity contribution < 1.29 is 4.42 Å². The van der Waals surface area contributed by atoms with Gasteiger partial charge in [0.05, 0.1) is 11.4 Å². The Morgan fingerprint density at radius 3 is 2.76 bits per heavy atom. The van der Waals surface area contributed by atoms with Gasteiger partial charge in [0.2, 0.25) is 0 Å². The first-order chi connectivity index (χ1) is 8.18. The molecule has 5 heteroatoms. The number of aromatic nitrogens is 1. The first-order valence-electron chi connectivity index (χ1n) is 5.24. The fourth-order valence-corrected chi connectivity index (χ4v) is 2.85. The van der Waals surface area contributed by atoms with Gasteiger partial charge in [0.1, 0.15) is 6.26 Å². The Balaban J connectivity index is 2.27. The van der Waals surface area contributed by atoms with Crippen molar-refractivity contribution in [1.29, 1.82) is 0 Å². The molecule has 2 unspecified atom stereocenters. The van der Waals surface area contributed by atoms with E-state index in [1.54, 1.807) is 12.5 Å². The zero-order chi connectivity index (χ0) is 12.3. The number of oxazole rings is 1. The number of nitrogens with zero attached hydrogens (tertiary/aromatic N) is 1. The molecule has 17 heavy (non-hydrogen) atoms. The average Bonchev–Trinajstić information content (AvgIpc) is 2.79. The Morgan fingerprint density at radius 1 is 1.41 bits per heavy atom. The van der Waals surface area contributed by atoms with E-state index in [4.69, 9.17) is 21.8 Å². The fourth-order valence-electron chi connectivity index (χ4n) is 1.54. The van der Waals surface area contributed by atoms with E-state index < -0.39 is 0 Å². The van der Waals surface area contributed by atoms with Crippen LogP contribution in [0.4, 0.5) is 0 Å². The highest BCUT2D eigenvalue weighted by atomic mass is 35.5. The van der Waals surface area contributed by atoms with E-state index in [-0.39, 0.29) is 11.3 Å². The van der Waals surface area contributed by atoms with Crippen molar-refractivity contribution in [1.82, 2.24) is 4.98 Å². The molecule has 0 fully saturated rings. The maximum Gasteiger partial charge on any atom is 0.256 e. The topological polar surface area (TPSA) is 52.0 Å². The Hall–Kier alpha value is -0.970. The largest absolute Gasteiger partial charge is 0.440 e. The summed E-state index contributed by atoms with van der Waals surface area (Å²) in [5, 5.41) is 1.35. The van der Waals surface area contributed by atoms with Gasteiger partial charge in [-0.1, -0.05) is 41.6 Å². The standard InChI is InChI=1S/C12H13ClN2OS/c1-8(14)11(17-12-15-6-7-16-12)9-4-2-3-5-10(9)13/h2-8,11H,14H2,1H3. The van der Waals surface area contributed by atoms with Gasteiger partial charge in [-0.3, -0.25) is 0 Å². The van der Waals surface area contributed by atoms with E-state index in [9.17, 15) is 0 Å². The minimum absolute atomic E-state index is 0.0300. The van der Waals surface area contributed by atoms with Crippen LogP contribution < -0.4 is 5.73 Å². The molecule has 2 atom stereocenters. The molecule has 0 aliphatic carbocycles. The van der Waals surface area contributed by atoms with Gasteiger partial charge in [-0.05, 0) is 18.6 Å². The van der Waals surface area contributed by atoms with Gasteiger partial charge >= 0.3 is 0 Å². The summed E-state index contributed by atoms with van der Waals surface area (Å²) in [7, 11) is 0. The first kappa shape index (κ1) is 12.5. The van der Waals surface area contributed by atoms with Gasteiger partial charge in [-0.15, -0.1) is 0 Å². The number of rotatable bonds is 4. The van der Waals surface area contributed by atoms with E-state index in [1.165, 1.54) is 11.8 Å². The monoisotopic (exact) mass is 268 g/mol. The van der Waals surface area contributed by atoms with Crippen molar-refractivity contribution in [3.05, 3.63) is 47.3 Å². The number of hydrogen-bond acceptors (Lipinski definition) is 4. The number of nitrogens with two attached hydrogens (primary N) is 1. The van der Waals surface area contributed by atoms with E-state index in [1.807, 2.05) is 31.2 Å².